The monoisotopic (exact) mass is 480 g/mol. The zero-order valence-electron chi connectivity index (χ0n) is 16.8. The maximum Gasteiger partial charge on any atom is 0.257 e. The first kappa shape index (κ1) is 22.2. The van der Waals surface area contributed by atoms with Crippen molar-refractivity contribution >= 4 is 68.9 Å². The van der Waals surface area contributed by atoms with E-state index in [1.165, 1.54) is 17.8 Å². The molecule has 0 bridgehead atoms. The molecule has 4 rings (SSSR count). The van der Waals surface area contributed by atoms with E-state index in [0.717, 1.165) is 21.4 Å². The van der Waals surface area contributed by atoms with Gasteiger partial charge in [-0.05, 0) is 53.9 Å². The summed E-state index contributed by atoms with van der Waals surface area (Å²) in [7, 11) is 0. The molecule has 4 aromatic rings. The van der Waals surface area contributed by atoms with Gasteiger partial charge in [0.25, 0.3) is 5.91 Å². The Kier molecular flexibility index (Phi) is 7.00. The highest BCUT2D eigenvalue weighted by Gasteiger charge is 2.11. The number of halogens is 2. The third-order valence-electron chi connectivity index (χ3n) is 4.72. The first-order valence-electron chi connectivity index (χ1n) is 9.76. The van der Waals surface area contributed by atoms with Gasteiger partial charge in [-0.25, -0.2) is 0 Å². The Balaban J connectivity index is 1.33. The van der Waals surface area contributed by atoms with E-state index in [2.05, 4.69) is 10.6 Å². The molecule has 4 aromatic carbocycles. The number of hydrogen-bond acceptors (Lipinski definition) is 3. The van der Waals surface area contributed by atoms with E-state index in [-0.39, 0.29) is 17.6 Å². The molecular weight excluding hydrogens is 463 g/mol. The van der Waals surface area contributed by atoms with Crippen LogP contribution in [0.2, 0.25) is 10.0 Å². The van der Waals surface area contributed by atoms with Gasteiger partial charge in [0.1, 0.15) is 0 Å². The number of carbonyl (C=O) groups excluding carboxylic acids is 2. The summed E-state index contributed by atoms with van der Waals surface area (Å²) in [5.74, 6) is -0.127. The molecule has 0 aromatic heterocycles. The first-order valence-corrected chi connectivity index (χ1v) is 11.5. The number of nitrogens with one attached hydrogen (secondary N) is 2. The van der Waals surface area contributed by atoms with Gasteiger partial charge in [0.05, 0.1) is 16.3 Å². The van der Waals surface area contributed by atoms with Gasteiger partial charge in [0.2, 0.25) is 5.91 Å². The van der Waals surface area contributed by atoms with Crippen LogP contribution in [-0.4, -0.2) is 17.6 Å². The molecule has 0 radical (unpaired) electrons. The molecule has 0 unspecified atom stereocenters. The van der Waals surface area contributed by atoms with Crippen molar-refractivity contribution in [3.05, 3.63) is 101 Å². The number of anilines is 2. The third kappa shape index (κ3) is 5.43. The Labute approximate surface area is 199 Å². The molecule has 2 N–H and O–H groups in total. The normalized spacial score (nSPS) is 10.7. The lowest BCUT2D eigenvalue weighted by Crippen LogP contribution is -2.14. The Bertz CT molecular complexity index is 1290. The molecule has 0 saturated heterocycles. The van der Waals surface area contributed by atoms with Crippen LogP contribution in [0.3, 0.4) is 0 Å². The maximum absolute atomic E-state index is 12.4. The molecule has 0 atom stereocenters. The predicted octanol–water partition coefficient (Wildman–Crippen LogP) is 7.13. The molecular formula is C25H18Cl2N2O2S. The van der Waals surface area contributed by atoms with Crippen molar-refractivity contribution < 1.29 is 9.59 Å². The van der Waals surface area contributed by atoms with Crippen LogP contribution in [-0.2, 0) is 4.79 Å². The summed E-state index contributed by atoms with van der Waals surface area (Å²) in [6, 6.07) is 25.8. The molecule has 0 aliphatic rings. The highest BCUT2D eigenvalue weighted by Crippen LogP contribution is 2.26. The summed E-state index contributed by atoms with van der Waals surface area (Å²) in [5, 5.41) is 8.64. The molecule has 0 spiro atoms. The molecule has 4 nitrogen and oxygen atoms in total. The summed E-state index contributed by atoms with van der Waals surface area (Å²) >= 11 is 13.4. The van der Waals surface area contributed by atoms with Gasteiger partial charge in [0, 0.05) is 26.7 Å². The van der Waals surface area contributed by atoms with Crippen molar-refractivity contribution in [3.63, 3.8) is 0 Å². The van der Waals surface area contributed by atoms with Crippen LogP contribution in [0.5, 0.6) is 0 Å². The van der Waals surface area contributed by atoms with Crippen LogP contribution in [0.25, 0.3) is 10.8 Å². The van der Waals surface area contributed by atoms with E-state index in [1.54, 1.807) is 24.3 Å². The topological polar surface area (TPSA) is 58.2 Å². The van der Waals surface area contributed by atoms with Crippen LogP contribution in [0.1, 0.15) is 10.4 Å². The predicted molar refractivity (Wildman–Crippen MR) is 134 cm³/mol. The minimum atomic E-state index is -0.318. The molecule has 0 fully saturated rings. The third-order valence-corrected chi connectivity index (χ3v) is 6.28. The van der Waals surface area contributed by atoms with Crippen molar-refractivity contribution in [1.29, 1.82) is 0 Å². The Hall–Kier alpha value is -2.99. The van der Waals surface area contributed by atoms with Gasteiger partial charge in [-0.3, -0.25) is 9.59 Å². The summed E-state index contributed by atoms with van der Waals surface area (Å²) < 4.78 is 0. The van der Waals surface area contributed by atoms with Gasteiger partial charge in [-0.1, -0.05) is 59.6 Å². The summed E-state index contributed by atoms with van der Waals surface area (Å²) in [5.41, 5.74) is 1.78. The van der Waals surface area contributed by atoms with Crippen LogP contribution >= 0.6 is 35.0 Å². The fourth-order valence-electron chi connectivity index (χ4n) is 3.18. The van der Waals surface area contributed by atoms with Crippen molar-refractivity contribution in [2.75, 3.05) is 16.4 Å². The van der Waals surface area contributed by atoms with Gasteiger partial charge in [-0.2, -0.15) is 0 Å². The number of thioether (sulfide) groups is 1. The van der Waals surface area contributed by atoms with E-state index in [0.29, 0.717) is 21.3 Å². The van der Waals surface area contributed by atoms with Gasteiger partial charge < -0.3 is 10.6 Å². The van der Waals surface area contributed by atoms with Crippen molar-refractivity contribution in [2.45, 2.75) is 4.90 Å². The molecule has 7 heteroatoms. The van der Waals surface area contributed by atoms with Gasteiger partial charge in [0.15, 0.2) is 0 Å². The zero-order chi connectivity index (χ0) is 22.5. The largest absolute Gasteiger partial charge is 0.325 e. The van der Waals surface area contributed by atoms with Crippen LogP contribution in [0.4, 0.5) is 11.4 Å². The van der Waals surface area contributed by atoms with E-state index in [1.807, 2.05) is 54.6 Å². The Morgan fingerprint density at radius 2 is 1.56 bits per heavy atom. The van der Waals surface area contributed by atoms with Crippen LogP contribution < -0.4 is 10.6 Å². The second-order valence-electron chi connectivity index (χ2n) is 6.97. The van der Waals surface area contributed by atoms with E-state index < -0.39 is 0 Å². The van der Waals surface area contributed by atoms with Gasteiger partial charge in [-0.15, -0.1) is 11.8 Å². The SMILES string of the molecule is O=C(CSc1ccc(NC(=O)c2ccc(Cl)cc2Cl)cc1)Nc1cccc2ccccc12. The quantitative estimate of drug-likeness (QED) is 0.288. The number of fused-ring (bicyclic) bond motifs is 1. The second kappa shape index (κ2) is 10.1. The smallest absolute Gasteiger partial charge is 0.257 e. The molecule has 0 aliphatic heterocycles. The molecule has 0 aliphatic carbocycles. The number of benzene rings is 4. The van der Waals surface area contributed by atoms with E-state index >= 15 is 0 Å². The molecule has 160 valence electrons. The summed E-state index contributed by atoms with van der Waals surface area (Å²) in [6.45, 7) is 0. The number of amides is 2. The number of carbonyl (C=O) groups is 2. The standard InChI is InChI=1S/C25H18Cl2N2O2S/c26-17-8-13-21(22(27)14-17)25(31)28-18-9-11-19(12-10-18)32-15-24(30)29-23-7-3-5-16-4-1-2-6-20(16)23/h1-14H,15H2,(H,28,31)(H,29,30). The van der Waals surface area contributed by atoms with Gasteiger partial charge >= 0.3 is 0 Å². The minimum absolute atomic E-state index is 0.0823. The van der Waals surface area contributed by atoms with Crippen molar-refractivity contribution in [2.24, 2.45) is 0 Å². The number of rotatable bonds is 6. The fraction of sp³-hybridized carbons (Fsp3) is 0.0400. The lowest BCUT2D eigenvalue weighted by atomic mass is 10.1. The summed E-state index contributed by atoms with van der Waals surface area (Å²) in [4.78, 5) is 25.8. The van der Waals surface area contributed by atoms with Crippen molar-refractivity contribution in [1.82, 2.24) is 0 Å². The number of hydrogen-bond donors (Lipinski definition) is 2. The molecule has 2 amide bonds. The van der Waals surface area contributed by atoms with Crippen LogP contribution in [0, 0.1) is 0 Å². The Morgan fingerprint density at radius 1 is 0.812 bits per heavy atom. The van der Waals surface area contributed by atoms with E-state index in [9.17, 15) is 9.59 Å². The second-order valence-corrected chi connectivity index (χ2v) is 8.86. The van der Waals surface area contributed by atoms with Crippen LogP contribution in [0.15, 0.2) is 89.8 Å². The summed E-state index contributed by atoms with van der Waals surface area (Å²) in [6.07, 6.45) is 0. The lowest BCUT2D eigenvalue weighted by molar-refractivity contribution is -0.113. The lowest BCUT2D eigenvalue weighted by Gasteiger charge is -2.09. The first-order chi connectivity index (χ1) is 15.5. The minimum Gasteiger partial charge on any atom is -0.325 e. The molecule has 0 heterocycles. The highest BCUT2D eigenvalue weighted by molar-refractivity contribution is 8.00. The van der Waals surface area contributed by atoms with E-state index in [4.69, 9.17) is 23.2 Å². The average molecular weight is 481 g/mol. The molecule has 0 saturated carbocycles. The maximum atomic E-state index is 12.4. The Morgan fingerprint density at radius 3 is 2.34 bits per heavy atom. The average Bonchev–Trinajstić information content (AvgIpc) is 2.79. The van der Waals surface area contributed by atoms with Crippen molar-refractivity contribution in [3.8, 4) is 0 Å². The molecule has 32 heavy (non-hydrogen) atoms. The zero-order valence-corrected chi connectivity index (χ0v) is 19.1. The highest BCUT2D eigenvalue weighted by atomic mass is 35.5. The fourth-order valence-corrected chi connectivity index (χ4v) is 4.37.